The highest BCUT2D eigenvalue weighted by Gasteiger charge is 2.38. The fourth-order valence-electron chi connectivity index (χ4n) is 4.05. The van der Waals surface area contributed by atoms with Crippen LogP contribution < -0.4 is 9.80 Å². The van der Waals surface area contributed by atoms with Crippen molar-refractivity contribution < 1.29 is 9.59 Å². The van der Waals surface area contributed by atoms with Gasteiger partial charge in [-0.1, -0.05) is 23.5 Å². The summed E-state index contributed by atoms with van der Waals surface area (Å²) >= 11 is 5.09. The van der Waals surface area contributed by atoms with E-state index in [1.54, 1.807) is 22.4 Å². The largest absolute Gasteiger partial charge is 0.344 e. The van der Waals surface area contributed by atoms with Gasteiger partial charge in [0.25, 0.3) is 0 Å². The Morgan fingerprint density at radius 3 is 2.67 bits per heavy atom. The Morgan fingerprint density at radius 2 is 1.90 bits per heavy atom. The summed E-state index contributed by atoms with van der Waals surface area (Å²) in [7, 11) is 0. The van der Waals surface area contributed by atoms with E-state index in [2.05, 4.69) is 30.8 Å². The van der Waals surface area contributed by atoms with Crippen LogP contribution in [0, 0.1) is 5.92 Å². The molecule has 2 saturated heterocycles. The number of amides is 2. The summed E-state index contributed by atoms with van der Waals surface area (Å²) in [6.45, 7) is 3.19. The standard InChI is InChI=1S/C21H20BrN5O2S/c22-15-4-1-2-6-17(15)27-13-14(12-18(27)28)20(29)25-8-10-26(11-9-25)21-24-16-5-3-7-23-19(16)30-21/h1-7,14H,8-13H2. The molecule has 2 aromatic heterocycles. The number of anilines is 2. The predicted molar refractivity (Wildman–Crippen MR) is 121 cm³/mol. The number of benzene rings is 1. The van der Waals surface area contributed by atoms with Crippen molar-refractivity contribution in [1.82, 2.24) is 14.9 Å². The summed E-state index contributed by atoms with van der Waals surface area (Å²) in [6, 6.07) is 11.5. The van der Waals surface area contributed by atoms with Crippen LogP contribution in [0.2, 0.25) is 0 Å². The topological polar surface area (TPSA) is 69.6 Å². The quantitative estimate of drug-likeness (QED) is 0.569. The third-order valence-electron chi connectivity index (χ3n) is 5.63. The van der Waals surface area contributed by atoms with E-state index in [9.17, 15) is 9.59 Å². The second kappa shape index (κ2) is 7.96. The molecule has 0 aliphatic carbocycles. The number of thiazole rings is 1. The minimum atomic E-state index is -0.289. The maximum absolute atomic E-state index is 13.1. The molecule has 0 bridgehead atoms. The number of para-hydroxylation sites is 1. The van der Waals surface area contributed by atoms with Crippen LogP contribution in [-0.4, -0.2) is 59.4 Å². The number of rotatable bonds is 3. The van der Waals surface area contributed by atoms with E-state index in [0.717, 1.165) is 38.7 Å². The van der Waals surface area contributed by atoms with Gasteiger partial charge >= 0.3 is 0 Å². The van der Waals surface area contributed by atoms with Gasteiger partial charge in [0.1, 0.15) is 10.3 Å². The van der Waals surface area contributed by atoms with Gasteiger partial charge in [0.2, 0.25) is 11.8 Å². The highest BCUT2D eigenvalue weighted by atomic mass is 79.9. The molecule has 2 amide bonds. The van der Waals surface area contributed by atoms with E-state index in [-0.39, 0.29) is 24.2 Å². The van der Waals surface area contributed by atoms with Crippen LogP contribution in [0.4, 0.5) is 10.8 Å². The van der Waals surface area contributed by atoms with E-state index < -0.39 is 0 Å². The molecule has 7 nitrogen and oxygen atoms in total. The number of carbonyl (C=O) groups is 2. The minimum Gasteiger partial charge on any atom is -0.344 e. The van der Waals surface area contributed by atoms with E-state index >= 15 is 0 Å². The van der Waals surface area contributed by atoms with Crippen LogP contribution in [0.5, 0.6) is 0 Å². The third kappa shape index (κ3) is 3.56. The number of pyridine rings is 1. The summed E-state index contributed by atoms with van der Waals surface area (Å²) in [5.41, 5.74) is 1.74. The molecule has 4 heterocycles. The lowest BCUT2D eigenvalue weighted by molar-refractivity contribution is -0.136. The van der Waals surface area contributed by atoms with Gasteiger partial charge in [-0.25, -0.2) is 9.97 Å². The van der Waals surface area contributed by atoms with E-state index in [0.29, 0.717) is 19.6 Å². The number of hydrogen-bond donors (Lipinski definition) is 0. The molecule has 5 rings (SSSR count). The molecular formula is C21H20BrN5O2S. The lowest BCUT2D eigenvalue weighted by Crippen LogP contribution is -2.50. The number of halogens is 1. The number of aromatic nitrogens is 2. The second-order valence-corrected chi connectivity index (χ2v) is 9.30. The minimum absolute atomic E-state index is 0.000798. The van der Waals surface area contributed by atoms with Crippen molar-refractivity contribution in [3.8, 4) is 0 Å². The monoisotopic (exact) mass is 485 g/mol. The van der Waals surface area contributed by atoms with Gasteiger partial charge in [0.05, 0.1) is 11.6 Å². The summed E-state index contributed by atoms with van der Waals surface area (Å²) < 4.78 is 0.866. The molecule has 30 heavy (non-hydrogen) atoms. The lowest BCUT2D eigenvalue weighted by Gasteiger charge is -2.35. The molecular weight excluding hydrogens is 466 g/mol. The van der Waals surface area contributed by atoms with Crippen LogP contribution >= 0.6 is 27.3 Å². The normalized spacial score (nSPS) is 19.7. The van der Waals surface area contributed by atoms with Gasteiger partial charge in [0, 0.05) is 49.8 Å². The smallest absolute Gasteiger partial charge is 0.228 e. The van der Waals surface area contributed by atoms with E-state index in [4.69, 9.17) is 0 Å². The number of fused-ring (bicyclic) bond motifs is 1. The fourth-order valence-corrected chi connectivity index (χ4v) is 5.51. The molecule has 0 radical (unpaired) electrons. The van der Waals surface area contributed by atoms with Gasteiger partial charge in [-0.05, 0) is 40.2 Å². The number of piperazine rings is 1. The van der Waals surface area contributed by atoms with Crippen molar-refractivity contribution in [3.63, 3.8) is 0 Å². The Labute approximate surface area is 186 Å². The fraction of sp³-hybridized carbons (Fsp3) is 0.333. The van der Waals surface area contributed by atoms with Crippen molar-refractivity contribution in [2.24, 2.45) is 5.92 Å². The molecule has 1 atom stereocenters. The van der Waals surface area contributed by atoms with Gasteiger partial charge in [0.15, 0.2) is 5.13 Å². The molecule has 9 heteroatoms. The first-order valence-electron chi connectivity index (χ1n) is 9.90. The Morgan fingerprint density at radius 1 is 1.10 bits per heavy atom. The van der Waals surface area contributed by atoms with Crippen molar-refractivity contribution in [2.75, 3.05) is 42.5 Å². The second-order valence-electron chi connectivity index (χ2n) is 7.49. The van der Waals surface area contributed by atoms with Crippen LogP contribution in [0.3, 0.4) is 0 Å². The number of carbonyl (C=O) groups excluding carboxylic acids is 2. The molecule has 0 N–H and O–H groups in total. The molecule has 154 valence electrons. The van der Waals surface area contributed by atoms with Crippen molar-refractivity contribution in [2.45, 2.75) is 6.42 Å². The molecule has 0 saturated carbocycles. The molecule has 2 aliphatic rings. The van der Waals surface area contributed by atoms with Gasteiger partial charge in [-0.3, -0.25) is 9.59 Å². The average molecular weight is 486 g/mol. The first kappa shape index (κ1) is 19.4. The van der Waals surface area contributed by atoms with Crippen molar-refractivity contribution in [1.29, 1.82) is 0 Å². The molecule has 3 aromatic rings. The highest BCUT2D eigenvalue weighted by molar-refractivity contribution is 9.10. The van der Waals surface area contributed by atoms with Gasteiger partial charge in [-0.2, -0.15) is 0 Å². The Bertz CT molecular complexity index is 1080. The first-order valence-corrected chi connectivity index (χ1v) is 11.5. The SMILES string of the molecule is O=C(C1CC(=O)N(c2ccccc2Br)C1)N1CCN(c2nc3cccnc3s2)CC1. The molecule has 2 fully saturated rings. The zero-order valence-corrected chi connectivity index (χ0v) is 18.6. The Hall–Kier alpha value is -2.52. The molecule has 1 aromatic carbocycles. The molecule has 0 spiro atoms. The molecule has 2 aliphatic heterocycles. The first-order chi connectivity index (χ1) is 14.6. The number of hydrogen-bond acceptors (Lipinski definition) is 6. The van der Waals surface area contributed by atoms with Crippen molar-refractivity contribution in [3.05, 3.63) is 47.1 Å². The maximum Gasteiger partial charge on any atom is 0.228 e. The lowest BCUT2D eigenvalue weighted by atomic mass is 10.1. The van der Waals surface area contributed by atoms with Crippen LogP contribution in [0.15, 0.2) is 47.1 Å². The maximum atomic E-state index is 13.1. The average Bonchev–Trinajstić information content (AvgIpc) is 3.37. The van der Waals surface area contributed by atoms with Crippen LogP contribution in [0.25, 0.3) is 10.3 Å². The molecule has 1 unspecified atom stereocenters. The third-order valence-corrected chi connectivity index (χ3v) is 7.35. The zero-order chi connectivity index (χ0) is 20.7. The summed E-state index contributed by atoms with van der Waals surface area (Å²) in [5.74, 6) is -0.216. The van der Waals surface area contributed by atoms with Gasteiger partial charge in [-0.15, -0.1) is 0 Å². The van der Waals surface area contributed by atoms with Crippen LogP contribution in [0.1, 0.15) is 6.42 Å². The van der Waals surface area contributed by atoms with Crippen molar-refractivity contribution >= 4 is 60.2 Å². The summed E-state index contributed by atoms with van der Waals surface area (Å²) in [5, 5.41) is 0.951. The number of nitrogens with zero attached hydrogens (tertiary/aromatic N) is 5. The van der Waals surface area contributed by atoms with E-state index in [1.807, 2.05) is 41.3 Å². The predicted octanol–water partition coefficient (Wildman–Crippen LogP) is 3.16. The summed E-state index contributed by atoms with van der Waals surface area (Å²) in [4.78, 5) is 41.4. The zero-order valence-electron chi connectivity index (χ0n) is 16.2. The highest BCUT2D eigenvalue weighted by Crippen LogP contribution is 2.32. The Kier molecular flexibility index (Phi) is 5.16. The van der Waals surface area contributed by atoms with Crippen LogP contribution in [-0.2, 0) is 9.59 Å². The van der Waals surface area contributed by atoms with Gasteiger partial charge < -0.3 is 14.7 Å². The Balaban J connectivity index is 1.23. The summed E-state index contributed by atoms with van der Waals surface area (Å²) in [6.07, 6.45) is 2.05. The van der Waals surface area contributed by atoms with E-state index in [1.165, 1.54) is 0 Å².